The standard InChI is InChI=1S/C17H22N4O3/c22-17(7-8-21-13-18-12-20-21)19-10-14-3-5-15(6-4-14)24-11-16-2-1-9-23-16/h3-6,12-13,16H,1-2,7-11H2,(H,19,22)/t16-/m0/s1. The number of carbonyl (C=O) groups excluding carboxylic acids is 1. The van der Waals surface area contributed by atoms with Gasteiger partial charge in [-0.1, -0.05) is 12.1 Å². The van der Waals surface area contributed by atoms with Crippen molar-refractivity contribution in [2.45, 2.75) is 38.5 Å². The topological polar surface area (TPSA) is 78.3 Å². The first kappa shape index (κ1) is 16.4. The Kier molecular flexibility index (Phi) is 5.79. The summed E-state index contributed by atoms with van der Waals surface area (Å²) >= 11 is 0. The third-order valence-electron chi connectivity index (χ3n) is 3.91. The van der Waals surface area contributed by atoms with E-state index < -0.39 is 0 Å². The SMILES string of the molecule is O=C(CCn1cncn1)NCc1ccc(OC[C@@H]2CCCO2)cc1. The summed E-state index contributed by atoms with van der Waals surface area (Å²) in [6.45, 7) is 2.46. The Morgan fingerprint density at radius 1 is 1.38 bits per heavy atom. The van der Waals surface area contributed by atoms with Crippen LogP contribution in [-0.4, -0.2) is 40.0 Å². The van der Waals surface area contributed by atoms with Crippen molar-refractivity contribution in [3.05, 3.63) is 42.5 Å². The fourth-order valence-electron chi connectivity index (χ4n) is 2.52. The highest BCUT2D eigenvalue weighted by Crippen LogP contribution is 2.16. The number of hydrogen-bond donors (Lipinski definition) is 1. The van der Waals surface area contributed by atoms with Crippen LogP contribution in [0.25, 0.3) is 0 Å². The van der Waals surface area contributed by atoms with E-state index in [0.29, 0.717) is 26.1 Å². The minimum Gasteiger partial charge on any atom is -0.491 e. The van der Waals surface area contributed by atoms with Gasteiger partial charge in [-0.25, -0.2) is 4.98 Å². The van der Waals surface area contributed by atoms with Gasteiger partial charge in [0.1, 0.15) is 25.0 Å². The van der Waals surface area contributed by atoms with Crippen molar-refractivity contribution in [2.24, 2.45) is 0 Å². The van der Waals surface area contributed by atoms with Crippen LogP contribution in [0.4, 0.5) is 0 Å². The van der Waals surface area contributed by atoms with Gasteiger partial charge in [-0.3, -0.25) is 9.48 Å². The lowest BCUT2D eigenvalue weighted by molar-refractivity contribution is -0.121. The molecule has 1 N–H and O–H groups in total. The van der Waals surface area contributed by atoms with Crippen LogP contribution in [0.3, 0.4) is 0 Å². The van der Waals surface area contributed by atoms with E-state index in [-0.39, 0.29) is 12.0 Å². The summed E-state index contributed by atoms with van der Waals surface area (Å²) in [6, 6.07) is 7.77. The molecule has 2 aromatic rings. The number of nitrogens with one attached hydrogen (secondary N) is 1. The Morgan fingerprint density at radius 2 is 2.25 bits per heavy atom. The fourth-order valence-corrected chi connectivity index (χ4v) is 2.52. The molecule has 1 saturated heterocycles. The predicted octanol–water partition coefficient (Wildman–Crippen LogP) is 1.54. The van der Waals surface area contributed by atoms with E-state index in [1.165, 1.54) is 6.33 Å². The summed E-state index contributed by atoms with van der Waals surface area (Å²) in [7, 11) is 0. The first-order valence-corrected chi connectivity index (χ1v) is 8.22. The Morgan fingerprint density at radius 3 is 2.96 bits per heavy atom. The summed E-state index contributed by atoms with van der Waals surface area (Å²) in [4.78, 5) is 15.7. The molecule has 0 unspecified atom stereocenters. The molecule has 1 fully saturated rings. The van der Waals surface area contributed by atoms with Crippen LogP contribution in [0.1, 0.15) is 24.8 Å². The molecule has 0 aliphatic carbocycles. The van der Waals surface area contributed by atoms with E-state index in [2.05, 4.69) is 15.4 Å². The third kappa shape index (κ3) is 5.06. The Hall–Kier alpha value is -2.41. The molecule has 3 rings (SSSR count). The summed E-state index contributed by atoms with van der Waals surface area (Å²) in [5, 5.41) is 6.86. The fraction of sp³-hybridized carbons (Fsp3) is 0.471. The molecule has 0 bridgehead atoms. The zero-order valence-electron chi connectivity index (χ0n) is 13.6. The molecule has 0 saturated carbocycles. The molecule has 1 aromatic heterocycles. The van der Waals surface area contributed by atoms with Gasteiger partial charge in [-0.05, 0) is 30.5 Å². The van der Waals surface area contributed by atoms with Crippen molar-refractivity contribution >= 4 is 5.91 Å². The number of aryl methyl sites for hydroxylation is 1. The molecular formula is C17H22N4O3. The number of carbonyl (C=O) groups is 1. The monoisotopic (exact) mass is 330 g/mol. The highest BCUT2D eigenvalue weighted by Gasteiger charge is 2.15. The van der Waals surface area contributed by atoms with Gasteiger partial charge in [0.05, 0.1) is 12.6 Å². The Labute approximate surface area is 141 Å². The van der Waals surface area contributed by atoms with Gasteiger partial charge in [-0.15, -0.1) is 0 Å². The number of aromatic nitrogens is 3. The molecule has 1 atom stereocenters. The van der Waals surface area contributed by atoms with Crippen LogP contribution in [0.2, 0.25) is 0 Å². The second-order valence-corrected chi connectivity index (χ2v) is 5.78. The Balaban J connectivity index is 1.36. The summed E-state index contributed by atoms with van der Waals surface area (Å²) in [6.07, 6.45) is 5.84. The molecule has 1 aliphatic heterocycles. The van der Waals surface area contributed by atoms with Crippen molar-refractivity contribution in [3.8, 4) is 5.75 Å². The van der Waals surface area contributed by atoms with Crippen LogP contribution in [0.5, 0.6) is 5.75 Å². The van der Waals surface area contributed by atoms with E-state index in [4.69, 9.17) is 9.47 Å². The van der Waals surface area contributed by atoms with E-state index in [0.717, 1.165) is 30.8 Å². The van der Waals surface area contributed by atoms with Crippen molar-refractivity contribution in [3.63, 3.8) is 0 Å². The zero-order valence-corrected chi connectivity index (χ0v) is 13.6. The average molecular weight is 330 g/mol. The van der Waals surface area contributed by atoms with Crippen LogP contribution in [-0.2, 0) is 22.6 Å². The summed E-state index contributed by atoms with van der Waals surface area (Å²) in [5.74, 6) is 0.816. The summed E-state index contributed by atoms with van der Waals surface area (Å²) < 4.78 is 12.9. The van der Waals surface area contributed by atoms with E-state index in [9.17, 15) is 4.79 Å². The number of rotatable bonds is 8. The molecule has 7 nitrogen and oxygen atoms in total. The van der Waals surface area contributed by atoms with Gasteiger partial charge < -0.3 is 14.8 Å². The molecule has 7 heteroatoms. The van der Waals surface area contributed by atoms with Gasteiger partial charge in [0.15, 0.2) is 0 Å². The largest absolute Gasteiger partial charge is 0.491 e. The summed E-state index contributed by atoms with van der Waals surface area (Å²) in [5.41, 5.74) is 1.04. The first-order chi connectivity index (χ1) is 11.8. The van der Waals surface area contributed by atoms with Crippen molar-refractivity contribution in [1.29, 1.82) is 0 Å². The number of nitrogens with zero attached hydrogens (tertiary/aromatic N) is 3. The van der Waals surface area contributed by atoms with Crippen LogP contribution >= 0.6 is 0 Å². The second kappa shape index (κ2) is 8.44. The van der Waals surface area contributed by atoms with Gasteiger partial charge >= 0.3 is 0 Å². The van der Waals surface area contributed by atoms with Crippen LogP contribution in [0.15, 0.2) is 36.9 Å². The normalized spacial score (nSPS) is 16.9. The van der Waals surface area contributed by atoms with Gasteiger partial charge in [0, 0.05) is 19.6 Å². The lowest BCUT2D eigenvalue weighted by Gasteiger charge is -2.12. The molecule has 1 aliphatic rings. The van der Waals surface area contributed by atoms with Crippen molar-refractivity contribution < 1.29 is 14.3 Å². The van der Waals surface area contributed by atoms with Gasteiger partial charge in [0.25, 0.3) is 0 Å². The van der Waals surface area contributed by atoms with Crippen LogP contribution < -0.4 is 10.1 Å². The number of amides is 1. The minimum absolute atomic E-state index is 0.00999. The third-order valence-corrected chi connectivity index (χ3v) is 3.91. The molecule has 2 heterocycles. The molecule has 1 amide bonds. The van der Waals surface area contributed by atoms with Gasteiger partial charge in [0.2, 0.25) is 5.91 Å². The predicted molar refractivity (Wildman–Crippen MR) is 87.4 cm³/mol. The highest BCUT2D eigenvalue weighted by atomic mass is 16.5. The molecule has 24 heavy (non-hydrogen) atoms. The molecule has 0 spiro atoms. The van der Waals surface area contributed by atoms with Crippen molar-refractivity contribution in [1.82, 2.24) is 20.1 Å². The number of ether oxygens (including phenoxy) is 2. The maximum absolute atomic E-state index is 11.8. The number of benzene rings is 1. The highest BCUT2D eigenvalue weighted by molar-refractivity contribution is 5.75. The average Bonchev–Trinajstić information content (AvgIpc) is 3.30. The molecule has 128 valence electrons. The maximum atomic E-state index is 11.8. The minimum atomic E-state index is -0.00999. The van der Waals surface area contributed by atoms with Crippen LogP contribution in [0, 0.1) is 0 Å². The van der Waals surface area contributed by atoms with Gasteiger partial charge in [-0.2, -0.15) is 5.10 Å². The molecule has 1 aromatic carbocycles. The van der Waals surface area contributed by atoms with E-state index >= 15 is 0 Å². The van der Waals surface area contributed by atoms with E-state index in [1.807, 2.05) is 24.3 Å². The zero-order chi connectivity index (χ0) is 16.6. The maximum Gasteiger partial charge on any atom is 0.222 e. The molecule has 0 radical (unpaired) electrons. The lowest BCUT2D eigenvalue weighted by Crippen LogP contribution is -2.24. The quantitative estimate of drug-likeness (QED) is 0.794. The molecular weight excluding hydrogens is 308 g/mol. The second-order valence-electron chi connectivity index (χ2n) is 5.78. The lowest BCUT2D eigenvalue weighted by atomic mass is 10.2. The smallest absolute Gasteiger partial charge is 0.222 e. The number of hydrogen-bond acceptors (Lipinski definition) is 5. The van der Waals surface area contributed by atoms with Crippen molar-refractivity contribution in [2.75, 3.05) is 13.2 Å². The van der Waals surface area contributed by atoms with E-state index in [1.54, 1.807) is 11.0 Å². The first-order valence-electron chi connectivity index (χ1n) is 8.22. The Bertz CT molecular complexity index is 622.